The van der Waals surface area contributed by atoms with Crippen LogP contribution in [0.5, 0.6) is 11.5 Å². The van der Waals surface area contributed by atoms with Crippen molar-refractivity contribution in [3.8, 4) is 22.6 Å². The minimum Gasteiger partial charge on any atom is -0.497 e. The SMILES string of the molecule is COc1ccc(-c2cc(Cl)cc3c2NC(CN)CO3)c(C)c1. The number of benzene rings is 2. The second-order valence-electron chi connectivity index (χ2n) is 5.40. The fourth-order valence-electron chi connectivity index (χ4n) is 2.69. The Morgan fingerprint density at radius 3 is 2.82 bits per heavy atom. The van der Waals surface area contributed by atoms with E-state index in [1.165, 1.54) is 0 Å². The van der Waals surface area contributed by atoms with Gasteiger partial charge in [0.15, 0.2) is 0 Å². The van der Waals surface area contributed by atoms with Gasteiger partial charge in [-0.05, 0) is 36.2 Å². The number of fused-ring (bicyclic) bond motifs is 1. The molecule has 1 aliphatic rings. The summed E-state index contributed by atoms with van der Waals surface area (Å²) < 4.78 is 11.1. The first-order valence-electron chi connectivity index (χ1n) is 7.20. The smallest absolute Gasteiger partial charge is 0.144 e. The molecule has 5 heteroatoms. The molecule has 1 aliphatic heterocycles. The van der Waals surface area contributed by atoms with E-state index >= 15 is 0 Å². The molecular weight excluding hydrogens is 300 g/mol. The molecule has 0 aliphatic carbocycles. The van der Waals surface area contributed by atoms with Crippen LogP contribution in [-0.2, 0) is 0 Å². The Morgan fingerprint density at radius 2 is 2.14 bits per heavy atom. The van der Waals surface area contributed by atoms with Crippen LogP contribution in [0.2, 0.25) is 5.02 Å². The highest BCUT2D eigenvalue weighted by molar-refractivity contribution is 6.31. The number of hydrogen-bond donors (Lipinski definition) is 2. The van der Waals surface area contributed by atoms with Gasteiger partial charge in [0.2, 0.25) is 0 Å². The van der Waals surface area contributed by atoms with Crippen LogP contribution in [0.4, 0.5) is 5.69 Å². The summed E-state index contributed by atoms with van der Waals surface area (Å²) in [6.07, 6.45) is 0. The first-order chi connectivity index (χ1) is 10.6. The zero-order valence-electron chi connectivity index (χ0n) is 12.7. The Kier molecular flexibility index (Phi) is 4.14. The number of aryl methyl sites for hydroxylation is 1. The standard InChI is InChI=1S/C17H19ClN2O2/c1-10-5-13(21-2)3-4-14(10)15-6-11(18)7-16-17(15)20-12(8-19)9-22-16/h3-7,12,20H,8-9,19H2,1-2H3. The Morgan fingerprint density at radius 1 is 1.32 bits per heavy atom. The van der Waals surface area contributed by atoms with Gasteiger partial charge >= 0.3 is 0 Å². The third-order valence-corrected chi connectivity index (χ3v) is 4.08. The fraction of sp³-hybridized carbons (Fsp3) is 0.294. The van der Waals surface area contributed by atoms with Crippen LogP contribution in [0.15, 0.2) is 30.3 Å². The van der Waals surface area contributed by atoms with Crippen molar-refractivity contribution in [1.82, 2.24) is 0 Å². The van der Waals surface area contributed by atoms with E-state index in [9.17, 15) is 0 Å². The van der Waals surface area contributed by atoms with E-state index in [1.807, 2.05) is 30.3 Å². The first-order valence-corrected chi connectivity index (χ1v) is 7.58. The molecule has 22 heavy (non-hydrogen) atoms. The molecule has 0 fully saturated rings. The van der Waals surface area contributed by atoms with Crippen molar-refractivity contribution in [2.45, 2.75) is 13.0 Å². The average molecular weight is 319 g/mol. The molecule has 3 rings (SSSR count). The average Bonchev–Trinajstić information content (AvgIpc) is 2.53. The lowest BCUT2D eigenvalue weighted by molar-refractivity contribution is 0.287. The Balaban J connectivity index is 2.13. The summed E-state index contributed by atoms with van der Waals surface area (Å²) in [5, 5.41) is 4.11. The quantitative estimate of drug-likeness (QED) is 0.910. The number of anilines is 1. The van der Waals surface area contributed by atoms with Gasteiger partial charge in [-0.25, -0.2) is 0 Å². The molecule has 2 aromatic carbocycles. The van der Waals surface area contributed by atoms with E-state index in [4.69, 9.17) is 26.8 Å². The molecule has 116 valence electrons. The lowest BCUT2D eigenvalue weighted by Gasteiger charge is -2.29. The predicted octanol–water partition coefficient (Wildman–Crippen LogP) is 3.46. The van der Waals surface area contributed by atoms with Gasteiger partial charge in [0.05, 0.1) is 18.8 Å². The molecule has 2 aromatic rings. The summed E-state index contributed by atoms with van der Waals surface area (Å²) in [4.78, 5) is 0. The van der Waals surface area contributed by atoms with Crippen LogP contribution in [0.1, 0.15) is 5.56 Å². The summed E-state index contributed by atoms with van der Waals surface area (Å²) in [5.74, 6) is 1.60. The molecule has 4 nitrogen and oxygen atoms in total. The molecule has 3 N–H and O–H groups in total. The third-order valence-electron chi connectivity index (χ3n) is 3.86. The van der Waals surface area contributed by atoms with E-state index in [0.29, 0.717) is 18.2 Å². The molecular formula is C17H19ClN2O2. The Bertz CT molecular complexity index is 703. The van der Waals surface area contributed by atoms with Crippen molar-refractivity contribution < 1.29 is 9.47 Å². The molecule has 0 amide bonds. The fourth-order valence-corrected chi connectivity index (χ4v) is 2.89. The number of nitrogens with one attached hydrogen (secondary N) is 1. The lowest BCUT2D eigenvalue weighted by Crippen LogP contribution is -2.37. The molecule has 0 saturated carbocycles. The van der Waals surface area contributed by atoms with E-state index in [0.717, 1.165) is 33.9 Å². The second kappa shape index (κ2) is 6.07. The molecule has 1 unspecified atom stereocenters. The van der Waals surface area contributed by atoms with Crippen molar-refractivity contribution in [1.29, 1.82) is 0 Å². The van der Waals surface area contributed by atoms with E-state index in [-0.39, 0.29) is 6.04 Å². The van der Waals surface area contributed by atoms with Crippen molar-refractivity contribution >= 4 is 17.3 Å². The maximum absolute atomic E-state index is 6.26. The molecule has 0 aromatic heterocycles. The van der Waals surface area contributed by atoms with Crippen molar-refractivity contribution in [3.05, 3.63) is 40.9 Å². The summed E-state index contributed by atoms with van der Waals surface area (Å²) >= 11 is 6.26. The van der Waals surface area contributed by atoms with Crippen LogP contribution in [0.25, 0.3) is 11.1 Å². The second-order valence-corrected chi connectivity index (χ2v) is 5.83. The van der Waals surface area contributed by atoms with Gasteiger partial charge in [-0.15, -0.1) is 0 Å². The summed E-state index contributed by atoms with van der Waals surface area (Å²) in [6.45, 7) is 3.11. The number of rotatable bonds is 3. The number of hydrogen-bond acceptors (Lipinski definition) is 4. The number of ether oxygens (including phenoxy) is 2. The first kappa shape index (κ1) is 15.0. The molecule has 0 bridgehead atoms. The molecule has 0 saturated heterocycles. The van der Waals surface area contributed by atoms with Crippen molar-refractivity contribution in [2.75, 3.05) is 25.6 Å². The third kappa shape index (κ3) is 2.72. The van der Waals surface area contributed by atoms with Crippen LogP contribution in [-0.4, -0.2) is 26.3 Å². The lowest BCUT2D eigenvalue weighted by atomic mass is 9.97. The highest BCUT2D eigenvalue weighted by Crippen LogP contribution is 2.42. The highest BCUT2D eigenvalue weighted by Gasteiger charge is 2.22. The topological polar surface area (TPSA) is 56.5 Å². The zero-order chi connectivity index (χ0) is 15.7. The van der Waals surface area contributed by atoms with Gasteiger partial charge in [-0.2, -0.15) is 0 Å². The maximum Gasteiger partial charge on any atom is 0.144 e. The van der Waals surface area contributed by atoms with Crippen LogP contribution >= 0.6 is 11.6 Å². The summed E-state index contributed by atoms with van der Waals surface area (Å²) in [6, 6.07) is 9.87. The zero-order valence-corrected chi connectivity index (χ0v) is 13.4. The molecule has 1 atom stereocenters. The van der Waals surface area contributed by atoms with Gasteiger partial charge in [0, 0.05) is 23.2 Å². The van der Waals surface area contributed by atoms with E-state index in [1.54, 1.807) is 7.11 Å². The monoisotopic (exact) mass is 318 g/mol. The van der Waals surface area contributed by atoms with Gasteiger partial charge in [-0.3, -0.25) is 0 Å². The van der Waals surface area contributed by atoms with Gasteiger partial charge in [-0.1, -0.05) is 17.7 Å². The molecule has 1 heterocycles. The van der Waals surface area contributed by atoms with Crippen LogP contribution in [0, 0.1) is 6.92 Å². The van der Waals surface area contributed by atoms with Crippen LogP contribution in [0.3, 0.4) is 0 Å². The van der Waals surface area contributed by atoms with Gasteiger partial charge in [0.1, 0.15) is 18.1 Å². The van der Waals surface area contributed by atoms with Crippen molar-refractivity contribution in [2.24, 2.45) is 5.73 Å². The molecule has 0 spiro atoms. The maximum atomic E-state index is 6.26. The van der Waals surface area contributed by atoms with Crippen molar-refractivity contribution in [3.63, 3.8) is 0 Å². The minimum absolute atomic E-state index is 0.103. The largest absolute Gasteiger partial charge is 0.497 e. The molecule has 0 radical (unpaired) electrons. The number of halogens is 1. The highest BCUT2D eigenvalue weighted by atomic mass is 35.5. The van der Waals surface area contributed by atoms with Crippen LogP contribution < -0.4 is 20.5 Å². The number of nitrogens with two attached hydrogens (primary N) is 1. The van der Waals surface area contributed by atoms with E-state index < -0.39 is 0 Å². The normalized spacial score (nSPS) is 16.5. The van der Waals surface area contributed by atoms with Gasteiger partial charge < -0.3 is 20.5 Å². The van der Waals surface area contributed by atoms with Gasteiger partial charge in [0.25, 0.3) is 0 Å². The minimum atomic E-state index is 0.103. The van der Waals surface area contributed by atoms with E-state index in [2.05, 4.69) is 12.2 Å². The summed E-state index contributed by atoms with van der Waals surface area (Å²) in [5.41, 5.74) is 9.92. The predicted molar refractivity (Wildman–Crippen MR) is 90.1 cm³/mol. The number of methoxy groups -OCH3 is 1. The Labute approximate surface area is 135 Å². The Hall–Kier alpha value is -1.91. The summed E-state index contributed by atoms with van der Waals surface area (Å²) in [7, 11) is 1.66.